The summed E-state index contributed by atoms with van der Waals surface area (Å²) < 4.78 is 16.3. The van der Waals surface area contributed by atoms with Crippen LogP contribution >= 0.6 is 0 Å². The molecule has 1 heterocycles. The number of phenols is 1. The number of aliphatic imine (C=N–C) groups is 1. The normalized spacial score (nSPS) is 11.1. The highest BCUT2D eigenvalue weighted by molar-refractivity contribution is 5.99. The number of ether oxygens (including phenoxy) is 3. The van der Waals surface area contributed by atoms with Crippen molar-refractivity contribution in [3.8, 4) is 45.5 Å². The Hall–Kier alpha value is -5.51. The van der Waals surface area contributed by atoms with E-state index in [4.69, 9.17) is 14.2 Å². The smallest absolute Gasteiger partial charge is 0.269 e. The maximum absolute atomic E-state index is 11.2. The number of benzene rings is 4. The van der Waals surface area contributed by atoms with Crippen molar-refractivity contribution in [1.29, 1.82) is 0 Å². The van der Waals surface area contributed by atoms with Crippen molar-refractivity contribution in [1.82, 2.24) is 9.97 Å². The van der Waals surface area contributed by atoms with Gasteiger partial charge in [0, 0.05) is 29.5 Å². The van der Waals surface area contributed by atoms with Gasteiger partial charge in [0.25, 0.3) is 5.69 Å². The molecule has 200 valence electrons. The zero-order valence-electron chi connectivity index (χ0n) is 21.9. The molecule has 0 radical (unpaired) electrons. The Balaban J connectivity index is 1.67. The van der Waals surface area contributed by atoms with Crippen molar-refractivity contribution in [2.24, 2.45) is 4.99 Å². The van der Waals surface area contributed by atoms with E-state index in [2.05, 4.69) is 15.0 Å². The second kappa shape index (κ2) is 11.1. The molecule has 4 aromatic carbocycles. The second-order valence-corrected chi connectivity index (χ2v) is 8.64. The maximum atomic E-state index is 11.2. The molecule has 40 heavy (non-hydrogen) atoms. The van der Waals surface area contributed by atoms with Gasteiger partial charge in [0.15, 0.2) is 11.5 Å². The van der Waals surface area contributed by atoms with E-state index in [-0.39, 0.29) is 17.4 Å². The summed E-state index contributed by atoms with van der Waals surface area (Å²) in [4.78, 5) is 24.5. The van der Waals surface area contributed by atoms with Crippen LogP contribution in [0.25, 0.3) is 33.3 Å². The van der Waals surface area contributed by atoms with Crippen LogP contribution < -0.4 is 14.2 Å². The molecule has 0 aliphatic heterocycles. The van der Waals surface area contributed by atoms with Crippen LogP contribution in [0.5, 0.6) is 23.0 Å². The first-order chi connectivity index (χ1) is 19.4. The average molecular weight is 537 g/mol. The Kier molecular flexibility index (Phi) is 7.23. The van der Waals surface area contributed by atoms with Gasteiger partial charge in [-0.25, -0.2) is 15.0 Å². The Morgan fingerprint density at radius 2 is 1.52 bits per heavy atom. The SMILES string of the molecule is COc1cc(C=Nc2nc(-c3ccc([N+](=O)[O-])cc3)cc(-c3c(O)ccc4ccccc34)n2)cc(OC)c1OC. The number of non-ortho nitro benzene ring substituents is 1. The molecule has 0 unspecified atom stereocenters. The van der Waals surface area contributed by atoms with Gasteiger partial charge in [0.05, 0.1) is 43.2 Å². The van der Waals surface area contributed by atoms with Crippen LogP contribution in [0.4, 0.5) is 11.6 Å². The van der Waals surface area contributed by atoms with Crippen molar-refractivity contribution in [2.45, 2.75) is 0 Å². The lowest BCUT2D eigenvalue weighted by Crippen LogP contribution is -1.97. The molecule has 1 aromatic heterocycles. The highest BCUT2D eigenvalue weighted by Crippen LogP contribution is 2.39. The number of methoxy groups -OCH3 is 3. The molecular weight excluding hydrogens is 512 g/mol. The summed E-state index contributed by atoms with van der Waals surface area (Å²) in [5, 5.41) is 23.8. The van der Waals surface area contributed by atoms with Gasteiger partial charge in [-0.3, -0.25) is 10.1 Å². The number of fused-ring (bicyclic) bond motifs is 1. The summed E-state index contributed by atoms with van der Waals surface area (Å²) in [5.74, 6) is 1.54. The Morgan fingerprint density at radius 3 is 2.17 bits per heavy atom. The third kappa shape index (κ3) is 5.10. The predicted molar refractivity (Wildman–Crippen MR) is 152 cm³/mol. The van der Waals surface area contributed by atoms with Gasteiger partial charge in [0.2, 0.25) is 11.7 Å². The second-order valence-electron chi connectivity index (χ2n) is 8.64. The molecule has 10 nitrogen and oxygen atoms in total. The minimum absolute atomic E-state index is 0.0367. The molecule has 0 aliphatic rings. The molecule has 0 saturated carbocycles. The quantitative estimate of drug-likeness (QED) is 0.138. The molecule has 1 N–H and O–H groups in total. The molecule has 0 bridgehead atoms. The number of rotatable bonds is 8. The number of nitrogens with zero attached hydrogens (tertiary/aromatic N) is 4. The van der Waals surface area contributed by atoms with Crippen molar-refractivity contribution in [3.63, 3.8) is 0 Å². The fraction of sp³-hybridized carbons (Fsp3) is 0.100. The molecular formula is C30H24N4O6. The van der Waals surface area contributed by atoms with E-state index < -0.39 is 4.92 Å². The Labute approximate surface area is 229 Å². The van der Waals surface area contributed by atoms with Gasteiger partial charge in [0.1, 0.15) is 5.75 Å². The molecule has 0 atom stereocenters. The van der Waals surface area contributed by atoms with E-state index in [1.54, 1.807) is 42.6 Å². The number of phenolic OH excluding ortho intramolecular Hbond substituents is 1. The number of nitro groups is 1. The fourth-order valence-corrected chi connectivity index (χ4v) is 4.36. The van der Waals surface area contributed by atoms with Crippen LogP contribution in [0.15, 0.2) is 83.9 Å². The van der Waals surface area contributed by atoms with E-state index in [1.807, 2.05) is 30.3 Å². The number of hydrogen-bond donors (Lipinski definition) is 1. The summed E-state index contributed by atoms with van der Waals surface area (Å²) in [6.45, 7) is 0. The summed E-state index contributed by atoms with van der Waals surface area (Å²) >= 11 is 0. The van der Waals surface area contributed by atoms with Crippen LogP contribution in [-0.2, 0) is 0 Å². The molecule has 5 rings (SSSR count). The predicted octanol–water partition coefficient (Wildman–Crippen LogP) is 6.35. The van der Waals surface area contributed by atoms with Gasteiger partial charge in [-0.05, 0) is 47.2 Å². The standard InChI is InChI=1S/C30H24N4O6/c1-38-26-14-18(15-27(39-2)29(26)40-3)17-31-30-32-23(20-8-11-21(12-9-20)34(36)37)16-24(33-30)28-22-7-5-4-6-19(22)10-13-25(28)35/h4-17,35H,1-3H3. The molecule has 5 aromatic rings. The number of nitro benzene ring substituents is 1. The molecule has 0 amide bonds. The fourth-order valence-electron chi connectivity index (χ4n) is 4.36. The highest BCUT2D eigenvalue weighted by Gasteiger charge is 2.16. The first-order valence-electron chi connectivity index (χ1n) is 12.1. The number of hydrogen-bond acceptors (Lipinski definition) is 9. The van der Waals surface area contributed by atoms with Crippen LogP contribution in [0.3, 0.4) is 0 Å². The minimum atomic E-state index is -0.462. The maximum Gasteiger partial charge on any atom is 0.269 e. The summed E-state index contributed by atoms with van der Waals surface area (Å²) in [6, 6.07) is 22.3. The molecule has 0 spiro atoms. The first-order valence-corrected chi connectivity index (χ1v) is 12.1. The van der Waals surface area contributed by atoms with Crippen LogP contribution in [0.2, 0.25) is 0 Å². The molecule has 10 heteroatoms. The summed E-state index contributed by atoms with van der Waals surface area (Å²) in [6.07, 6.45) is 1.56. The first kappa shape index (κ1) is 26.1. The van der Waals surface area contributed by atoms with Crippen molar-refractivity contribution < 1.29 is 24.2 Å². The lowest BCUT2D eigenvalue weighted by atomic mass is 9.99. The summed E-state index contributed by atoms with van der Waals surface area (Å²) in [7, 11) is 4.58. The Morgan fingerprint density at radius 1 is 0.850 bits per heavy atom. The van der Waals surface area contributed by atoms with Crippen molar-refractivity contribution in [3.05, 3.63) is 94.5 Å². The van der Waals surface area contributed by atoms with Gasteiger partial charge >= 0.3 is 0 Å². The van der Waals surface area contributed by atoms with E-state index in [9.17, 15) is 15.2 Å². The lowest BCUT2D eigenvalue weighted by molar-refractivity contribution is -0.384. The molecule has 0 saturated heterocycles. The van der Waals surface area contributed by atoms with E-state index in [1.165, 1.54) is 33.5 Å². The van der Waals surface area contributed by atoms with Gasteiger partial charge in [-0.15, -0.1) is 0 Å². The minimum Gasteiger partial charge on any atom is -0.507 e. The number of aromatic nitrogens is 2. The van der Waals surface area contributed by atoms with Gasteiger partial charge < -0.3 is 19.3 Å². The highest BCUT2D eigenvalue weighted by atomic mass is 16.6. The van der Waals surface area contributed by atoms with Crippen molar-refractivity contribution >= 4 is 28.6 Å². The number of aromatic hydroxyl groups is 1. The van der Waals surface area contributed by atoms with Gasteiger partial charge in [-0.1, -0.05) is 30.3 Å². The zero-order chi connectivity index (χ0) is 28.2. The average Bonchev–Trinajstić information content (AvgIpc) is 2.99. The third-order valence-electron chi connectivity index (χ3n) is 6.27. The monoisotopic (exact) mass is 536 g/mol. The van der Waals surface area contributed by atoms with E-state index in [0.717, 1.165) is 10.8 Å². The van der Waals surface area contributed by atoms with E-state index in [0.29, 0.717) is 45.3 Å². The third-order valence-corrected chi connectivity index (χ3v) is 6.27. The van der Waals surface area contributed by atoms with Crippen molar-refractivity contribution in [2.75, 3.05) is 21.3 Å². The zero-order valence-corrected chi connectivity index (χ0v) is 21.9. The summed E-state index contributed by atoms with van der Waals surface area (Å²) in [5.41, 5.74) is 2.67. The largest absolute Gasteiger partial charge is 0.507 e. The molecule has 0 fully saturated rings. The van der Waals surface area contributed by atoms with Crippen LogP contribution in [-0.4, -0.2) is 47.5 Å². The van der Waals surface area contributed by atoms with Gasteiger partial charge in [-0.2, -0.15) is 0 Å². The topological polar surface area (TPSA) is 129 Å². The van der Waals surface area contributed by atoms with Crippen LogP contribution in [0, 0.1) is 10.1 Å². The molecule has 0 aliphatic carbocycles. The van der Waals surface area contributed by atoms with E-state index >= 15 is 0 Å². The van der Waals surface area contributed by atoms with Crippen LogP contribution in [0.1, 0.15) is 5.56 Å². The lowest BCUT2D eigenvalue weighted by Gasteiger charge is -2.13. The Bertz CT molecular complexity index is 1730.